The molecule has 0 spiro atoms. The van der Waals surface area contributed by atoms with Gasteiger partial charge in [0.15, 0.2) is 17.3 Å². The van der Waals surface area contributed by atoms with Crippen LogP contribution in [-0.4, -0.2) is 30.3 Å². The number of fused-ring (bicyclic) bond motifs is 2. The second-order valence-corrected chi connectivity index (χ2v) is 8.67. The molecular formula is C21H15ClN2O4S2. The highest BCUT2D eigenvalue weighted by atomic mass is 35.5. The maximum absolute atomic E-state index is 12.8. The highest BCUT2D eigenvalue weighted by molar-refractivity contribution is 7.18. The molecule has 0 aliphatic carbocycles. The third-order valence-electron chi connectivity index (χ3n) is 4.60. The molecule has 9 heteroatoms. The zero-order chi connectivity index (χ0) is 20.7. The van der Waals surface area contributed by atoms with Crippen LogP contribution in [0.4, 0.5) is 0 Å². The summed E-state index contributed by atoms with van der Waals surface area (Å²) >= 11 is 9.53. The Balaban J connectivity index is 1.56. The van der Waals surface area contributed by atoms with Crippen LogP contribution < -0.4 is 19.8 Å². The lowest BCUT2D eigenvalue weighted by molar-refractivity contribution is 0.165. The lowest BCUT2D eigenvalue weighted by atomic mass is 10.1. The van der Waals surface area contributed by atoms with E-state index in [1.807, 2.05) is 29.0 Å². The molecule has 6 nitrogen and oxygen atoms in total. The monoisotopic (exact) mass is 458 g/mol. The van der Waals surface area contributed by atoms with Crippen molar-refractivity contribution >= 4 is 55.6 Å². The summed E-state index contributed by atoms with van der Waals surface area (Å²) in [5, 5.41) is 4.82. The molecule has 4 aromatic rings. The molecule has 1 N–H and O–H groups in total. The second kappa shape index (κ2) is 7.79. The molecule has 0 fully saturated rings. The maximum atomic E-state index is 12.8. The van der Waals surface area contributed by atoms with E-state index in [-0.39, 0.29) is 5.56 Å². The standard InChI is InChI=1S/C21H15ClN2O4S2/c1-26-14-8-11(9-15-18(14)28-5-4-27-15)7-13(22)19-23-20(25)17-12(10-30-21(17)24-19)16-3-2-6-29-16/h2-3,6-10H,4-5H2,1H3,(H,23,24,25)/b13-7-. The number of methoxy groups -OCH3 is 1. The molecule has 1 aromatic carbocycles. The molecule has 0 bridgehead atoms. The van der Waals surface area contributed by atoms with Crippen LogP contribution in [0, 0.1) is 0 Å². The normalized spacial score (nSPS) is 13.6. The summed E-state index contributed by atoms with van der Waals surface area (Å²) in [5.41, 5.74) is 1.42. The summed E-state index contributed by atoms with van der Waals surface area (Å²) in [7, 11) is 1.57. The van der Waals surface area contributed by atoms with Crippen LogP contribution >= 0.6 is 34.3 Å². The van der Waals surface area contributed by atoms with Crippen LogP contribution in [0.2, 0.25) is 0 Å². The van der Waals surface area contributed by atoms with Gasteiger partial charge >= 0.3 is 0 Å². The van der Waals surface area contributed by atoms with Crippen LogP contribution in [0.15, 0.2) is 39.8 Å². The van der Waals surface area contributed by atoms with E-state index in [1.165, 1.54) is 11.3 Å². The highest BCUT2D eigenvalue weighted by Crippen LogP contribution is 2.41. The number of aromatic nitrogens is 2. The molecule has 1 aliphatic heterocycles. The fourth-order valence-corrected chi connectivity index (χ4v) is 5.24. The third kappa shape index (κ3) is 3.36. The topological polar surface area (TPSA) is 73.4 Å². The van der Waals surface area contributed by atoms with Gasteiger partial charge in [-0.05, 0) is 35.2 Å². The van der Waals surface area contributed by atoms with E-state index >= 15 is 0 Å². The highest BCUT2D eigenvalue weighted by Gasteiger charge is 2.19. The van der Waals surface area contributed by atoms with Gasteiger partial charge in [0.05, 0.1) is 17.5 Å². The zero-order valence-corrected chi connectivity index (χ0v) is 18.1. The Morgan fingerprint density at radius 1 is 1.30 bits per heavy atom. The minimum Gasteiger partial charge on any atom is -0.493 e. The molecule has 1 aliphatic rings. The van der Waals surface area contributed by atoms with E-state index in [9.17, 15) is 4.79 Å². The molecule has 0 radical (unpaired) electrons. The van der Waals surface area contributed by atoms with Gasteiger partial charge in [-0.1, -0.05) is 17.7 Å². The van der Waals surface area contributed by atoms with Crippen molar-refractivity contribution in [2.75, 3.05) is 20.3 Å². The van der Waals surface area contributed by atoms with Crippen molar-refractivity contribution in [1.29, 1.82) is 0 Å². The number of H-pyrrole nitrogens is 1. The Morgan fingerprint density at radius 2 is 2.17 bits per heavy atom. The van der Waals surface area contributed by atoms with Gasteiger partial charge in [0.2, 0.25) is 5.75 Å². The van der Waals surface area contributed by atoms with Crippen LogP contribution in [0.25, 0.3) is 31.8 Å². The van der Waals surface area contributed by atoms with Crippen molar-refractivity contribution in [3.63, 3.8) is 0 Å². The lowest BCUT2D eigenvalue weighted by Crippen LogP contribution is -2.16. The first-order valence-electron chi connectivity index (χ1n) is 9.04. The lowest BCUT2D eigenvalue weighted by Gasteiger charge is -2.21. The van der Waals surface area contributed by atoms with Gasteiger partial charge in [0.25, 0.3) is 5.56 Å². The van der Waals surface area contributed by atoms with Gasteiger partial charge in [-0.2, -0.15) is 0 Å². The SMILES string of the molecule is COc1cc(/C=C(\Cl)c2nc3scc(-c4cccs4)c3c(=O)[nH]2)cc2c1OCCO2. The van der Waals surface area contributed by atoms with Gasteiger partial charge in [-0.15, -0.1) is 22.7 Å². The summed E-state index contributed by atoms with van der Waals surface area (Å²) in [6, 6.07) is 7.56. The van der Waals surface area contributed by atoms with Crippen molar-refractivity contribution < 1.29 is 14.2 Å². The van der Waals surface area contributed by atoms with Crippen molar-refractivity contribution in [2.45, 2.75) is 0 Å². The molecular weight excluding hydrogens is 444 g/mol. The van der Waals surface area contributed by atoms with Crippen LogP contribution in [-0.2, 0) is 0 Å². The molecule has 4 heterocycles. The summed E-state index contributed by atoms with van der Waals surface area (Å²) < 4.78 is 16.7. The average molecular weight is 459 g/mol. The molecule has 0 saturated carbocycles. The smallest absolute Gasteiger partial charge is 0.260 e. The number of rotatable bonds is 4. The van der Waals surface area contributed by atoms with Gasteiger partial charge in [0.1, 0.15) is 18.0 Å². The van der Waals surface area contributed by atoms with Crippen LogP contribution in [0.1, 0.15) is 11.4 Å². The molecule has 30 heavy (non-hydrogen) atoms. The number of nitrogens with zero attached hydrogens (tertiary/aromatic N) is 1. The van der Waals surface area contributed by atoms with Crippen molar-refractivity contribution in [1.82, 2.24) is 9.97 Å². The Hall–Kier alpha value is -2.81. The molecule has 0 amide bonds. The third-order valence-corrected chi connectivity index (χ3v) is 6.66. The number of thiophene rings is 2. The van der Waals surface area contributed by atoms with E-state index in [1.54, 1.807) is 30.6 Å². The minimum absolute atomic E-state index is 0.217. The fraction of sp³-hybridized carbons (Fsp3) is 0.143. The Bertz CT molecular complexity index is 1310. The summed E-state index contributed by atoms with van der Waals surface area (Å²) in [6.07, 6.45) is 1.71. The summed E-state index contributed by atoms with van der Waals surface area (Å²) in [5.74, 6) is 2.03. The number of halogens is 1. The second-order valence-electron chi connectivity index (χ2n) is 6.46. The predicted molar refractivity (Wildman–Crippen MR) is 121 cm³/mol. The predicted octanol–water partition coefficient (Wildman–Crippen LogP) is 5.23. The largest absolute Gasteiger partial charge is 0.493 e. The van der Waals surface area contributed by atoms with E-state index < -0.39 is 0 Å². The molecule has 152 valence electrons. The van der Waals surface area contributed by atoms with Crippen LogP contribution in [0.5, 0.6) is 17.2 Å². The number of nitrogens with one attached hydrogen (secondary N) is 1. The van der Waals surface area contributed by atoms with Gasteiger partial charge in [0, 0.05) is 15.8 Å². The van der Waals surface area contributed by atoms with Crippen LogP contribution in [0.3, 0.4) is 0 Å². The van der Waals surface area contributed by atoms with Gasteiger partial charge < -0.3 is 19.2 Å². The van der Waals surface area contributed by atoms with E-state index in [4.69, 9.17) is 25.8 Å². The Kier molecular flexibility index (Phi) is 4.98. The summed E-state index contributed by atoms with van der Waals surface area (Å²) in [4.78, 5) is 21.9. The van der Waals surface area contributed by atoms with Crippen molar-refractivity contribution in [3.8, 4) is 27.7 Å². The first-order chi connectivity index (χ1) is 14.6. The molecule has 3 aromatic heterocycles. The van der Waals surface area contributed by atoms with Gasteiger partial charge in [-0.25, -0.2) is 4.98 Å². The quantitative estimate of drug-likeness (QED) is 0.453. The maximum Gasteiger partial charge on any atom is 0.260 e. The minimum atomic E-state index is -0.217. The van der Waals surface area contributed by atoms with E-state index in [2.05, 4.69) is 9.97 Å². The summed E-state index contributed by atoms with van der Waals surface area (Å²) in [6.45, 7) is 0.937. The number of aromatic amines is 1. The Labute approximate surface area is 184 Å². The molecule has 5 rings (SSSR count). The molecule has 0 atom stereocenters. The fourth-order valence-electron chi connectivity index (χ4n) is 3.27. The molecule has 0 saturated heterocycles. The molecule has 0 unspecified atom stereocenters. The Morgan fingerprint density at radius 3 is 2.97 bits per heavy atom. The number of benzene rings is 1. The number of ether oxygens (including phenoxy) is 3. The van der Waals surface area contributed by atoms with Gasteiger partial charge in [-0.3, -0.25) is 4.79 Å². The first kappa shape index (κ1) is 19.2. The van der Waals surface area contributed by atoms with Crippen molar-refractivity contribution in [2.24, 2.45) is 0 Å². The zero-order valence-electron chi connectivity index (χ0n) is 15.7. The first-order valence-corrected chi connectivity index (χ1v) is 11.2. The van der Waals surface area contributed by atoms with E-state index in [0.29, 0.717) is 51.5 Å². The van der Waals surface area contributed by atoms with E-state index in [0.717, 1.165) is 16.0 Å². The average Bonchev–Trinajstić information content (AvgIpc) is 3.42. The number of hydrogen-bond acceptors (Lipinski definition) is 7. The number of hydrogen-bond donors (Lipinski definition) is 1. The van der Waals surface area contributed by atoms with Crippen molar-refractivity contribution in [3.05, 3.63) is 56.8 Å².